The number of nitrogens with one attached hydrogen (secondary N) is 1. The van der Waals surface area contributed by atoms with E-state index < -0.39 is 23.6 Å². The van der Waals surface area contributed by atoms with Gasteiger partial charge in [0, 0.05) is 18.2 Å². The third kappa shape index (κ3) is 4.68. The number of amides is 1. The summed E-state index contributed by atoms with van der Waals surface area (Å²) in [5, 5.41) is 20.5. The molecule has 2 aromatic carbocycles. The van der Waals surface area contributed by atoms with Gasteiger partial charge in [0.25, 0.3) is 5.91 Å². The van der Waals surface area contributed by atoms with E-state index in [0.717, 1.165) is 18.2 Å². The standard InChI is InChI=1S/C19H18F2N4O3/c1-28-18-5-3-2-4-15(18)17(26)11-25-10-16(23-24-25)19(27)22-9-12-6-13(20)8-14(21)7-12/h2-8,10,17,26H,9,11H2,1H3,(H,22,27)/t17-/m0/s1. The van der Waals surface area contributed by atoms with Gasteiger partial charge < -0.3 is 15.2 Å². The van der Waals surface area contributed by atoms with Crippen molar-refractivity contribution in [3.8, 4) is 5.75 Å². The Bertz CT molecular complexity index is 957. The number of halogens is 2. The van der Waals surface area contributed by atoms with Crippen LogP contribution in [0.1, 0.15) is 27.7 Å². The number of rotatable bonds is 7. The molecule has 146 valence electrons. The molecule has 3 aromatic rings. The Hall–Kier alpha value is -3.33. The van der Waals surface area contributed by atoms with Crippen LogP contribution in [0.5, 0.6) is 5.75 Å². The molecule has 1 heterocycles. The van der Waals surface area contributed by atoms with Gasteiger partial charge in [0.2, 0.25) is 0 Å². The summed E-state index contributed by atoms with van der Waals surface area (Å²) in [6.07, 6.45) is 0.462. The molecule has 28 heavy (non-hydrogen) atoms. The van der Waals surface area contributed by atoms with Gasteiger partial charge in [-0.05, 0) is 23.8 Å². The first-order chi connectivity index (χ1) is 13.5. The topological polar surface area (TPSA) is 89.3 Å². The summed E-state index contributed by atoms with van der Waals surface area (Å²) in [6, 6.07) is 10.0. The quantitative estimate of drug-likeness (QED) is 0.648. The molecule has 0 aliphatic heterocycles. The summed E-state index contributed by atoms with van der Waals surface area (Å²) in [7, 11) is 1.51. The van der Waals surface area contributed by atoms with Gasteiger partial charge in [-0.15, -0.1) is 5.10 Å². The maximum Gasteiger partial charge on any atom is 0.273 e. The second kappa shape index (κ2) is 8.57. The van der Waals surface area contributed by atoms with Crippen molar-refractivity contribution in [1.82, 2.24) is 20.3 Å². The van der Waals surface area contributed by atoms with E-state index in [1.165, 1.54) is 18.0 Å². The third-order valence-corrected chi connectivity index (χ3v) is 4.00. The van der Waals surface area contributed by atoms with Crippen molar-refractivity contribution < 1.29 is 23.4 Å². The van der Waals surface area contributed by atoms with Crippen molar-refractivity contribution in [2.75, 3.05) is 7.11 Å². The fourth-order valence-electron chi connectivity index (χ4n) is 2.69. The van der Waals surface area contributed by atoms with Crippen LogP contribution in [0.15, 0.2) is 48.7 Å². The molecular weight excluding hydrogens is 370 g/mol. The van der Waals surface area contributed by atoms with Gasteiger partial charge in [-0.3, -0.25) is 4.79 Å². The zero-order valence-corrected chi connectivity index (χ0v) is 15.0. The van der Waals surface area contributed by atoms with Crippen molar-refractivity contribution in [2.45, 2.75) is 19.2 Å². The number of nitrogens with zero attached hydrogens (tertiary/aromatic N) is 3. The summed E-state index contributed by atoms with van der Waals surface area (Å²) in [4.78, 5) is 12.2. The number of aliphatic hydroxyl groups excluding tert-OH is 1. The molecule has 0 fully saturated rings. The predicted octanol–water partition coefficient (Wildman–Crippen LogP) is 2.23. The number of hydrogen-bond donors (Lipinski definition) is 2. The largest absolute Gasteiger partial charge is 0.496 e. The first-order valence-corrected chi connectivity index (χ1v) is 8.40. The highest BCUT2D eigenvalue weighted by molar-refractivity contribution is 5.91. The number of methoxy groups -OCH3 is 1. The van der Waals surface area contributed by atoms with Crippen molar-refractivity contribution in [2.24, 2.45) is 0 Å². The molecule has 2 N–H and O–H groups in total. The van der Waals surface area contributed by atoms with Crippen LogP contribution >= 0.6 is 0 Å². The lowest BCUT2D eigenvalue weighted by molar-refractivity contribution is 0.0945. The number of carbonyl (C=O) groups is 1. The molecule has 1 atom stereocenters. The molecule has 0 saturated heterocycles. The minimum Gasteiger partial charge on any atom is -0.496 e. The average Bonchev–Trinajstić information content (AvgIpc) is 3.14. The van der Waals surface area contributed by atoms with Gasteiger partial charge in [0.15, 0.2) is 5.69 Å². The van der Waals surface area contributed by atoms with Gasteiger partial charge in [0.1, 0.15) is 23.5 Å². The Morgan fingerprint density at radius 3 is 2.68 bits per heavy atom. The number of ether oxygens (including phenoxy) is 1. The zero-order chi connectivity index (χ0) is 20.1. The molecule has 0 aliphatic rings. The molecule has 7 nitrogen and oxygen atoms in total. The van der Waals surface area contributed by atoms with Gasteiger partial charge in [0.05, 0.1) is 19.9 Å². The fourth-order valence-corrected chi connectivity index (χ4v) is 2.69. The van der Waals surface area contributed by atoms with Gasteiger partial charge in [-0.1, -0.05) is 23.4 Å². The van der Waals surface area contributed by atoms with Crippen LogP contribution in [0.25, 0.3) is 0 Å². The number of para-hydroxylation sites is 1. The van der Waals surface area contributed by atoms with Crippen molar-refractivity contribution in [1.29, 1.82) is 0 Å². The second-order valence-electron chi connectivity index (χ2n) is 6.04. The second-order valence-corrected chi connectivity index (χ2v) is 6.04. The van der Waals surface area contributed by atoms with E-state index in [9.17, 15) is 18.7 Å². The van der Waals surface area contributed by atoms with E-state index in [2.05, 4.69) is 15.6 Å². The summed E-state index contributed by atoms with van der Waals surface area (Å²) >= 11 is 0. The molecule has 0 saturated carbocycles. The SMILES string of the molecule is COc1ccccc1[C@@H](O)Cn1cc(C(=O)NCc2cc(F)cc(F)c2)nn1. The van der Waals surface area contributed by atoms with Crippen LogP contribution in [0.3, 0.4) is 0 Å². The normalized spacial score (nSPS) is 11.9. The molecule has 0 bridgehead atoms. The first-order valence-electron chi connectivity index (χ1n) is 8.40. The molecule has 9 heteroatoms. The molecule has 0 unspecified atom stereocenters. The Morgan fingerprint density at radius 2 is 1.96 bits per heavy atom. The number of aliphatic hydroxyl groups is 1. The lowest BCUT2D eigenvalue weighted by Crippen LogP contribution is -2.23. The van der Waals surface area contributed by atoms with Crippen LogP contribution in [-0.4, -0.2) is 33.1 Å². The first kappa shape index (κ1) is 19.4. The highest BCUT2D eigenvalue weighted by Gasteiger charge is 2.16. The van der Waals surface area contributed by atoms with Crippen LogP contribution in [0.4, 0.5) is 8.78 Å². The zero-order valence-electron chi connectivity index (χ0n) is 15.0. The van der Waals surface area contributed by atoms with E-state index in [4.69, 9.17) is 4.74 Å². The van der Waals surface area contributed by atoms with Crippen molar-refractivity contribution in [3.05, 3.63) is 77.1 Å². The van der Waals surface area contributed by atoms with E-state index in [1.54, 1.807) is 24.3 Å². The molecule has 1 amide bonds. The van der Waals surface area contributed by atoms with Crippen LogP contribution < -0.4 is 10.1 Å². The summed E-state index contributed by atoms with van der Waals surface area (Å²) in [5.41, 5.74) is 0.883. The van der Waals surface area contributed by atoms with Gasteiger partial charge in [-0.2, -0.15) is 0 Å². The Balaban J connectivity index is 1.62. The Morgan fingerprint density at radius 1 is 1.25 bits per heavy atom. The fraction of sp³-hybridized carbons (Fsp3) is 0.211. The lowest BCUT2D eigenvalue weighted by atomic mass is 10.1. The van der Waals surface area contributed by atoms with Gasteiger partial charge >= 0.3 is 0 Å². The molecule has 1 aromatic heterocycles. The number of hydrogen-bond acceptors (Lipinski definition) is 5. The van der Waals surface area contributed by atoms with E-state index in [-0.39, 0.29) is 24.3 Å². The Kier molecular flexibility index (Phi) is 5.95. The van der Waals surface area contributed by atoms with E-state index >= 15 is 0 Å². The number of carbonyl (C=O) groups excluding carboxylic acids is 1. The lowest BCUT2D eigenvalue weighted by Gasteiger charge is -2.14. The summed E-state index contributed by atoms with van der Waals surface area (Å²) in [6.45, 7) is -0.0000262. The predicted molar refractivity (Wildman–Crippen MR) is 95.5 cm³/mol. The smallest absolute Gasteiger partial charge is 0.273 e. The minimum atomic E-state index is -0.913. The van der Waals surface area contributed by atoms with Crippen LogP contribution in [-0.2, 0) is 13.1 Å². The highest BCUT2D eigenvalue weighted by Crippen LogP contribution is 2.25. The monoisotopic (exact) mass is 388 g/mol. The maximum atomic E-state index is 13.2. The number of aromatic nitrogens is 3. The molecule has 0 spiro atoms. The van der Waals surface area contributed by atoms with E-state index in [0.29, 0.717) is 11.3 Å². The van der Waals surface area contributed by atoms with Crippen LogP contribution in [0, 0.1) is 11.6 Å². The summed E-state index contributed by atoms with van der Waals surface area (Å²) in [5.74, 6) is -1.46. The Labute approximate surface area is 159 Å². The van der Waals surface area contributed by atoms with Crippen molar-refractivity contribution >= 4 is 5.91 Å². The molecule has 0 aliphatic carbocycles. The highest BCUT2D eigenvalue weighted by atomic mass is 19.1. The van der Waals surface area contributed by atoms with Crippen molar-refractivity contribution in [3.63, 3.8) is 0 Å². The molecule has 0 radical (unpaired) electrons. The summed E-state index contributed by atoms with van der Waals surface area (Å²) < 4.78 is 32.9. The molecule has 3 rings (SSSR count). The van der Waals surface area contributed by atoms with Crippen LogP contribution in [0.2, 0.25) is 0 Å². The maximum absolute atomic E-state index is 13.2. The number of benzene rings is 2. The van der Waals surface area contributed by atoms with Gasteiger partial charge in [-0.25, -0.2) is 13.5 Å². The third-order valence-electron chi connectivity index (χ3n) is 4.00. The average molecular weight is 388 g/mol. The molecular formula is C19H18F2N4O3. The van der Waals surface area contributed by atoms with E-state index in [1.807, 2.05) is 0 Å². The minimum absolute atomic E-state index is 0.0177.